The highest BCUT2D eigenvalue weighted by atomic mass is 31.2. The Morgan fingerprint density at radius 2 is 1.76 bits per heavy atom. The molecule has 11 N–H and O–H groups in total. The number of nitrogens with one attached hydrogen (secondary N) is 1. The predicted octanol–water partition coefficient (Wildman–Crippen LogP) is -6.24. The van der Waals surface area contributed by atoms with Crippen molar-refractivity contribution in [3.8, 4) is 0 Å². The second-order valence-corrected chi connectivity index (χ2v) is 10.8. The number of aromatic amines is 1. The van der Waals surface area contributed by atoms with Gasteiger partial charge in [-0.25, -0.2) is 14.2 Å². The Hall–Kier alpha value is -1.87. The van der Waals surface area contributed by atoms with Crippen LogP contribution in [0, 0.1) is 0 Å². The van der Waals surface area contributed by atoms with Gasteiger partial charge in [0.25, 0.3) is 10.9 Å². The van der Waals surface area contributed by atoms with Gasteiger partial charge >= 0.3 is 27.1 Å². The van der Waals surface area contributed by atoms with E-state index >= 15 is 0 Å². The van der Waals surface area contributed by atoms with Gasteiger partial charge in [0.1, 0.15) is 36.6 Å². The Morgan fingerprint density at radius 3 is 2.27 bits per heavy atom. The maximum atomic E-state index is 12.8. The van der Waals surface area contributed by atoms with Crippen LogP contribution < -0.4 is 11.2 Å². The van der Waals surface area contributed by atoms with Crippen molar-refractivity contribution >= 4 is 21.4 Å². The Labute approximate surface area is 204 Å². The number of nitrogens with zero attached hydrogens (tertiary/aromatic N) is 1. The molecule has 1 saturated heterocycles. The molecule has 2 rings (SSSR count). The number of H-pyrrole nitrogens is 1. The van der Waals surface area contributed by atoms with Crippen molar-refractivity contribution < 1.29 is 78.1 Å². The molecule has 20 nitrogen and oxygen atoms in total. The number of aromatic nitrogens is 2. The van der Waals surface area contributed by atoms with E-state index in [9.17, 15) is 59.0 Å². The van der Waals surface area contributed by atoms with Crippen molar-refractivity contribution in [2.75, 3.05) is 13.2 Å². The molecule has 1 aliphatic rings. The molecule has 0 bridgehead atoms. The third-order valence-electron chi connectivity index (χ3n) is 5.13. The van der Waals surface area contributed by atoms with E-state index in [2.05, 4.69) is 9.05 Å². The number of phosphoric ester groups is 1. The lowest BCUT2D eigenvalue weighted by molar-refractivity contribution is -0.175. The van der Waals surface area contributed by atoms with Crippen molar-refractivity contribution in [3.63, 3.8) is 0 Å². The van der Waals surface area contributed by atoms with Gasteiger partial charge in [-0.1, -0.05) is 0 Å². The van der Waals surface area contributed by atoms with E-state index in [0.717, 1.165) is 12.3 Å². The largest absolute Gasteiger partial charge is 0.527 e. The third-order valence-corrected chi connectivity index (χ3v) is 7.34. The second kappa shape index (κ2) is 11.5. The molecule has 1 aliphatic heterocycles. The van der Waals surface area contributed by atoms with Crippen LogP contribution in [-0.2, 0) is 27.7 Å². The minimum Gasteiger partial charge on any atom is -0.394 e. The highest BCUT2D eigenvalue weighted by Gasteiger charge is 2.65. The van der Waals surface area contributed by atoms with Crippen molar-refractivity contribution in [3.05, 3.63) is 33.1 Å². The van der Waals surface area contributed by atoms with Gasteiger partial charge in [0, 0.05) is 12.3 Å². The number of rotatable bonds is 11. The summed E-state index contributed by atoms with van der Waals surface area (Å²) >= 11 is 0. The molecule has 212 valence electrons. The number of phosphoric acid groups is 1. The van der Waals surface area contributed by atoms with Gasteiger partial charge < -0.3 is 54.4 Å². The van der Waals surface area contributed by atoms with E-state index in [0.29, 0.717) is 4.57 Å². The molecule has 1 aromatic rings. The molecule has 9 atom stereocenters. The molecular formula is C15H24N2O18P2. The van der Waals surface area contributed by atoms with Crippen molar-refractivity contribution in [2.45, 2.75) is 48.2 Å². The van der Waals surface area contributed by atoms with E-state index in [1.54, 1.807) is 0 Å². The lowest BCUT2D eigenvalue weighted by Gasteiger charge is -2.36. The molecule has 0 aliphatic carbocycles. The number of hydrogen-bond donors (Lipinski definition) is 11. The van der Waals surface area contributed by atoms with E-state index in [4.69, 9.17) is 19.6 Å². The van der Waals surface area contributed by atoms with Crippen LogP contribution in [0.1, 0.15) is 6.23 Å². The molecule has 0 spiro atoms. The Bertz CT molecular complexity index is 1180. The summed E-state index contributed by atoms with van der Waals surface area (Å²) in [5.41, 5.74) is -1.91. The average molecular weight is 582 g/mol. The number of aliphatic hydroxyl groups excluding tert-OH is 6. The maximum absolute atomic E-state index is 12.8. The van der Waals surface area contributed by atoms with Crippen LogP contribution in [0.5, 0.6) is 0 Å². The first kappa shape index (κ1) is 31.3. The number of hydrogen-bond acceptors (Lipinski definition) is 15. The number of aliphatic hydroxyl groups is 7. The first-order chi connectivity index (χ1) is 16.9. The summed E-state index contributed by atoms with van der Waals surface area (Å²) in [5.74, 6) is -2.70. The fourth-order valence-corrected chi connectivity index (χ4v) is 4.87. The van der Waals surface area contributed by atoms with Crippen LogP contribution in [-0.4, -0.2) is 121 Å². The normalized spacial score (nSPS) is 28.1. The summed E-state index contributed by atoms with van der Waals surface area (Å²) in [6.45, 7) is -2.65. The average Bonchev–Trinajstić information content (AvgIpc) is 3.07. The van der Waals surface area contributed by atoms with Crippen LogP contribution in [0.15, 0.2) is 21.9 Å². The van der Waals surface area contributed by atoms with Crippen LogP contribution in [0.25, 0.3) is 0 Å². The lowest BCUT2D eigenvalue weighted by Crippen LogP contribution is -2.58. The minimum absolute atomic E-state index is 0.623. The zero-order valence-electron chi connectivity index (χ0n) is 18.2. The standard InChI is InChI=1S/C15H24N2O18P2/c18-3-5(19)8(21)11(24)15(27,13(25)35-37(30,31)32)36(28,29)33-4-6-9(22)10(23)12(34-6)17-2-1-7(20)16-14(17)26/h1-2,5-6,8-12,18-19,21-24,27H,3-4H2,(H,28,29)(H,16,20,26)(H2,30,31,32)/t5-,6-,8+,9-,10-,11+,12-,15+/m1/s1. The summed E-state index contributed by atoms with van der Waals surface area (Å²) in [6, 6.07) is 0.857. The van der Waals surface area contributed by atoms with Crippen molar-refractivity contribution in [2.24, 2.45) is 0 Å². The Balaban J connectivity index is 2.34. The van der Waals surface area contributed by atoms with Crippen LogP contribution >= 0.6 is 15.4 Å². The first-order valence-corrected chi connectivity index (χ1v) is 13.0. The summed E-state index contributed by atoms with van der Waals surface area (Å²) in [5, 5.41) is 64.8. The lowest BCUT2D eigenvalue weighted by atomic mass is 10.0. The number of carbonyl (C=O) groups excluding carboxylic acids is 1. The van der Waals surface area contributed by atoms with Gasteiger partial charge in [-0.3, -0.25) is 28.7 Å². The van der Waals surface area contributed by atoms with E-state index in [1.807, 2.05) is 4.98 Å². The van der Waals surface area contributed by atoms with Gasteiger partial charge in [0.05, 0.1) is 13.2 Å². The topological polar surface area (TPSA) is 336 Å². The van der Waals surface area contributed by atoms with Gasteiger partial charge in [-0.15, -0.1) is 0 Å². The molecule has 37 heavy (non-hydrogen) atoms. The molecular weight excluding hydrogens is 558 g/mol. The molecule has 0 saturated carbocycles. The molecule has 1 fully saturated rings. The summed E-state index contributed by atoms with van der Waals surface area (Å²) in [7, 11) is -12.0. The Kier molecular flexibility index (Phi) is 9.72. The SMILES string of the molecule is O=C(OP(=O)(O)O)[C@](O)([C@@H](O)[C@@H](O)[C@H](O)CO)P(=O)(O)OC[C@H]1O[C@@H](n2ccc(=O)[nH]c2=O)[C@H](O)[C@@H]1O. The first-order valence-electron chi connectivity index (χ1n) is 9.85. The van der Waals surface area contributed by atoms with Gasteiger partial charge in [0.2, 0.25) is 0 Å². The summed E-state index contributed by atoms with van der Waals surface area (Å²) < 4.78 is 37.7. The number of ether oxygens (including phenoxy) is 1. The van der Waals surface area contributed by atoms with E-state index in [1.165, 1.54) is 0 Å². The third kappa shape index (κ3) is 6.59. The van der Waals surface area contributed by atoms with Gasteiger partial charge in [0.15, 0.2) is 6.23 Å². The highest BCUT2D eigenvalue weighted by molar-refractivity contribution is 7.56. The molecule has 0 radical (unpaired) electrons. The quantitative estimate of drug-likeness (QED) is 0.108. The molecule has 0 aromatic carbocycles. The maximum Gasteiger partial charge on any atom is 0.527 e. The van der Waals surface area contributed by atoms with Crippen LogP contribution in [0.2, 0.25) is 0 Å². The summed E-state index contributed by atoms with van der Waals surface area (Å²) in [6.07, 6.45) is -15.0. The van der Waals surface area contributed by atoms with Gasteiger partial charge in [-0.2, -0.15) is 0 Å². The molecule has 2 heterocycles. The Morgan fingerprint density at radius 1 is 1.16 bits per heavy atom. The van der Waals surface area contributed by atoms with E-state index in [-0.39, 0.29) is 0 Å². The van der Waals surface area contributed by atoms with E-state index < -0.39 is 94.0 Å². The fourth-order valence-electron chi connectivity index (χ4n) is 3.13. The van der Waals surface area contributed by atoms with Gasteiger partial charge in [-0.05, 0) is 0 Å². The zero-order chi connectivity index (χ0) is 28.5. The fraction of sp³-hybridized carbons (Fsp3) is 0.667. The number of carbonyl (C=O) groups is 1. The molecule has 1 aromatic heterocycles. The summed E-state index contributed by atoms with van der Waals surface area (Å²) in [4.78, 5) is 65.1. The molecule has 0 amide bonds. The second-order valence-electron chi connectivity index (χ2n) is 7.66. The van der Waals surface area contributed by atoms with Crippen molar-refractivity contribution in [1.82, 2.24) is 9.55 Å². The van der Waals surface area contributed by atoms with Crippen LogP contribution in [0.4, 0.5) is 0 Å². The van der Waals surface area contributed by atoms with Crippen LogP contribution in [0.3, 0.4) is 0 Å². The monoisotopic (exact) mass is 582 g/mol. The van der Waals surface area contributed by atoms with Crippen molar-refractivity contribution in [1.29, 1.82) is 0 Å². The predicted molar refractivity (Wildman–Crippen MR) is 111 cm³/mol. The molecule has 22 heteroatoms. The smallest absolute Gasteiger partial charge is 0.394 e. The zero-order valence-corrected chi connectivity index (χ0v) is 20.0. The highest BCUT2D eigenvalue weighted by Crippen LogP contribution is 2.58. The molecule has 1 unspecified atom stereocenters. The minimum atomic E-state index is -6.18.